The third-order valence-electron chi connectivity index (χ3n) is 8.51. The van der Waals surface area contributed by atoms with Gasteiger partial charge in [0.25, 0.3) is 0 Å². The third-order valence-corrected chi connectivity index (χ3v) is 8.51. The van der Waals surface area contributed by atoms with Crippen LogP contribution in [0.5, 0.6) is 0 Å². The summed E-state index contributed by atoms with van der Waals surface area (Å²) in [6, 6.07) is 4.40. The summed E-state index contributed by atoms with van der Waals surface area (Å²) in [6.45, 7) is 4.74. The van der Waals surface area contributed by atoms with Crippen LogP contribution >= 0.6 is 0 Å². The number of rotatable bonds is 9. The van der Waals surface area contributed by atoms with E-state index in [1.54, 1.807) is 6.07 Å². The molecule has 31 heavy (non-hydrogen) atoms. The SMILES string of the molecule is CCCCCCCC1CCC(C(C)C2CCC(c3cc(F)c(C#N)c(F)c3)CC2)CC1. The predicted octanol–water partition coefficient (Wildman–Crippen LogP) is 8.91. The second-order valence-electron chi connectivity index (χ2n) is 10.4. The van der Waals surface area contributed by atoms with E-state index in [9.17, 15) is 8.78 Å². The molecular formula is C28H41F2N. The zero-order chi connectivity index (χ0) is 22.2. The summed E-state index contributed by atoms with van der Waals surface area (Å²) in [6.07, 6.45) is 18.4. The molecule has 3 heteroatoms. The molecule has 172 valence electrons. The third kappa shape index (κ3) is 6.53. The normalized spacial score (nSPS) is 27.6. The van der Waals surface area contributed by atoms with Crippen LogP contribution in [0.1, 0.15) is 121 Å². The van der Waals surface area contributed by atoms with Crippen molar-refractivity contribution >= 4 is 0 Å². The zero-order valence-electron chi connectivity index (χ0n) is 19.6. The summed E-state index contributed by atoms with van der Waals surface area (Å²) < 4.78 is 28.0. The van der Waals surface area contributed by atoms with Gasteiger partial charge < -0.3 is 0 Å². The van der Waals surface area contributed by atoms with E-state index in [4.69, 9.17) is 5.26 Å². The molecule has 1 aromatic carbocycles. The first-order valence-corrected chi connectivity index (χ1v) is 12.9. The minimum absolute atomic E-state index is 0.226. The van der Waals surface area contributed by atoms with E-state index in [1.807, 2.05) is 0 Å². The Hall–Kier alpha value is -1.43. The summed E-state index contributed by atoms with van der Waals surface area (Å²) >= 11 is 0. The lowest BCUT2D eigenvalue weighted by Gasteiger charge is -2.39. The van der Waals surface area contributed by atoms with E-state index < -0.39 is 17.2 Å². The van der Waals surface area contributed by atoms with E-state index in [2.05, 4.69) is 13.8 Å². The van der Waals surface area contributed by atoms with Crippen molar-refractivity contribution in [3.63, 3.8) is 0 Å². The Kier molecular flexibility index (Phi) is 9.36. The molecule has 0 aliphatic heterocycles. The highest BCUT2D eigenvalue weighted by Crippen LogP contribution is 2.45. The number of hydrogen-bond acceptors (Lipinski definition) is 1. The van der Waals surface area contributed by atoms with Gasteiger partial charge in [-0.05, 0) is 85.8 Å². The van der Waals surface area contributed by atoms with E-state index in [1.165, 1.54) is 76.3 Å². The highest BCUT2D eigenvalue weighted by molar-refractivity contribution is 5.36. The Morgan fingerprint density at radius 2 is 1.42 bits per heavy atom. The average molecular weight is 430 g/mol. The molecule has 0 radical (unpaired) electrons. The number of benzene rings is 1. The van der Waals surface area contributed by atoms with Crippen molar-refractivity contribution < 1.29 is 8.78 Å². The highest BCUT2D eigenvalue weighted by atomic mass is 19.1. The first-order valence-electron chi connectivity index (χ1n) is 12.9. The van der Waals surface area contributed by atoms with Crippen LogP contribution in [0.3, 0.4) is 0 Å². The molecule has 2 saturated carbocycles. The standard InChI is InChI=1S/C28H41F2N/c1-3-4-5-6-7-8-21-9-11-22(12-10-21)20(2)23-13-15-24(16-14-23)25-17-27(29)26(19-31)28(30)18-25/h17-18,20-24H,3-16H2,1-2H3. The molecule has 1 nitrogen and oxygen atoms in total. The van der Waals surface area contributed by atoms with E-state index in [-0.39, 0.29) is 5.92 Å². The average Bonchev–Trinajstić information content (AvgIpc) is 2.79. The van der Waals surface area contributed by atoms with Crippen LogP contribution in [-0.2, 0) is 0 Å². The van der Waals surface area contributed by atoms with Gasteiger partial charge in [-0.1, -0.05) is 65.2 Å². The van der Waals surface area contributed by atoms with Gasteiger partial charge in [-0.2, -0.15) is 5.26 Å². The second kappa shape index (κ2) is 12.0. The molecule has 2 fully saturated rings. The lowest BCUT2D eigenvalue weighted by atomic mass is 9.66. The molecule has 0 amide bonds. The fraction of sp³-hybridized carbons (Fsp3) is 0.750. The summed E-state index contributed by atoms with van der Waals surface area (Å²) in [4.78, 5) is 0. The second-order valence-corrected chi connectivity index (χ2v) is 10.4. The first kappa shape index (κ1) is 24.2. The van der Waals surface area contributed by atoms with Crippen molar-refractivity contribution in [2.75, 3.05) is 0 Å². The van der Waals surface area contributed by atoms with Crippen molar-refractivity contribution in [1.29, 1.82) is 5.26 Å². The first-order chi connectivity index (χ1) is 15.0. The largest absolute Gasteiger partial charge is 0.205 e. The van der Waals surface area contributed by atoms with Crippen LogP contribution in [0.15, 0.2) is 12.1 Å². The minimum atomic E-state index is -0.713. The van der Waals surface area contributed by atoms with Gasteiger partial charge in [0.2, 0.25) is 0 Å². The Balaban J connectivity index is 1.42. The monoisotopic (exact) mass is 429 g/mol. The van der Waals surface area contributed by atoms with Crippen molar-refractivity contribution in [3.8, 4) is 6.07 Å². The highest BCUT2D eigenvalue weighted by Gasteiger charge is 2.33. The lowest BCUT2D eigenvalue weighted by Crippen LogP contribution is -2.28. The fourth-order valence-corrected chi connectivity index (χ4v) is 6.34. The van der Waals surface area contributed by atoms with Crippen molar-refractivity contribution in [2.24, 2.45) is 23.7 Å². The maximum absolute atomic E-state index is 14.0. The molecule has 0 saturated heterocycles. The minimum Gasteiger partial charge on any atom is -0.205 e. The van der Waals surface area contributed by atoms with Crippen LogP contribution < -0.4 is 0 Å². The van der Waals surface area contributed by atoms with E-state index in [0.29, 0.717) is 0 Å². The van der Waals surface area contributed by atoms with Gasteiger partial charge in [0.05, 0.1) is 0 Å². The molecule has 1 atom stereocenters. The van der Waals surface area contributed by atoms with Gasteiger partial charge in [0, 0.05) is 0 Å². The van der Waals surface area contributed by atoms with Crippen LogP contribution in [-0.4, -0.2) is 0 Å². The maximum atomic E-state index is 14.0. The summed E-state index contributed by atoms with van der Waals surface area (Å²) in [5.41, 5.74) is 0.280. The fourth-order valence-electron chi connectivity index (χ4n) is 6.34. The number of nitriles is 1. The maximum Gasteiger partial charge on any atom is 0.144 e. The smallest absolute Gasteiger partial charge is 0.144 e. The van der Waals surface area contributed by atoms with Crippen LogP contribution in [0.25, 0.3) is 0 Å². The van der Waals surface area contributed by atoms with Gasteiger partial charge in [0.1, 0.15) is 23.3 Å². The summed E-state index contributed by atoms with van der Waals surface area (Å²) in [5.74, 6) is 2.14. The quantitative estimate of drug-likeness (QED) is 0.359. The Bertz CT molecular complexity index is 698. The molecule has 0 aromatic heterocycles. The molecule has 0 spiro atoms. The predicted molar refractivity (Wildman–Crippen MR) is 124 cm³/mol. The number of halogens is 2. The Morgan fingerprint density at radius 1 is 0.871 bits per heavy atom. The van der Waals surface area contributed by atoms with Gasteiger partial charge in [-0.15, -0.1) is 0 Å². The van der Waals surface area contributed by atoms with Crippen molar-refractivity contribution in [3.05, 3.63) is 34.9 Å². The number of unbranched alkanes of at least 4 members (excludes halogenated alkanes) is 4. The molecule has 3 rings (SSSR count). The van der Waals surface area contributed by atoms with Gasteiger partial charge in [0.15, 0.2) is 0 Å². The zero-order valence-corrected chi connectivity index (χ0v) is 19.6. The molecule has 0 bridgehead atoms. The molecule has 1 unspecified atom stereocenters. The topological polar surface area (TPSA) is 23.8 Å². The molecule has 2 aliphatic rings. The van der Waals surface area contributed by atoms with Gasteiger partial charge in [-0.3, -0.25) is 0 Å². The van der Waals surface area contributed by atoms with E-state index >= 15 is 0 Å². The molecule has 1 aromatic rings. The molecular weight excluding hydrogens is 388 g/mol. The lowest BCUT2D eigenvalue weighted by molar-refractivity contribution is 0.131. The van der Waals surface area contributed by atoms with Gasteiger partial charge in [-0.25, -0.2) is 8.78 Å². The molecule has 0 N–H and O–H groups in total. The Morgan fingerprint density at radius 3 is 1.97 bits per heavy atom. The number of nitrogens with zero attached hydrogens (tertiary/aromatic N) is 1. The summed E-state index contributed by atoms with van der Waals surface area (Å²) in [5, 5.41) is 8.88. The van der Waals surface area contributed by atoms with Crippen molar-refractivity contribution in [2.45, 2.75) is 110 Å². The molecule has 0 heterocycles. The van der Waals surface area contributed by atoms with Crippen molar-refractivity contribution in [1.82, 2.24) is 0 Å². The Labute approximate surface area is 188 Å². The van der Waals surface area contributed by atoms with Crippen LogP contribution in [0.4, 0.5) is 8.78 Å². The van der Waals surface area contributed by atoms with Crippen LogP contribution in [0.2, 0.25) is 0 Å². The summed E-state index contributed by atoms with van der Waals surface area (Å²) in [7, 11) is 0. The van der Waals surface area contributed by atoms with Crippen LogP contribution in [0, 0.1) is 46.6 Å². The van der Waals surface area contributed by atoms with Gasteiger partial charge >= 0.3 is 0 Å². The number of hydrogen-bond donors (Lipinski definition) is 0. The molecule has 2 aliphatic carbocycles. The van der Waals surface area contributed by atoms with E-state index in [0.717, 1.165) is 54.9 Å².